The monoisotopic (exact) mass is 579 g/mol. The molecule has 1 aliphatic rings. The number of Topliss-reactive ketones (excluding diaryl/α,β-unsaturated/α-hetero) is 1. The number of carbonyl (C=O) groups excluding carboxylic acids is 3. The van der Waals surface area contributed by atoms with Crippen molar-refractivity contribution < 1.29 is 59.8 Å². The number of piperazine rings is 1. The predicted octanol–water partition coefficient (Wildman–Crippen LogP) is 1.91. The third-order valence-corrected chi connectivity index (χ3v) is 5.75. The topological polar surface area (TPSA) is 116 Å². The number of aliphatic carboxylic acids is 1. The highest BCUT2D eigenvalue weighted by Crippen LogP contribution is 2.26. The largest absolute Gasteiger partial charge is 0.481 e. The van der Waals surface area contributed by atoms with Gasteiger partial charge >= 0.3 is 5.97 Å². The van der Waals surface area contributed by atoms with Crippen molar-refractivity contribution in [1.82, 2.24) is 15.1 Å². The standard InChI is InChI=1S/C24H20F7N3O6/c25-12-4-14(27)13(26)3-11(12)7-33-1-2-34(20(37)9-33)8-19(36)32-17(6-21(38)39)18(35)10-40-24-22(30)15(28)5-16(29)23(24)31/h3-5,17H,1-2,6-10H2,(H,32,36)(H,38,39)/t17-/m0/s1. The highest BCUT2D eigenvalue weighted by atomic mass is 19.2. The van der Waals surface area contributed by atoms with E-state index in [9.17, 15) is 49.9 Å². The Labute approximate surface area is 221 Å². The zero-order chi connectivity index (χ0) is 29.7. The number of nitrogens with one attached hydrogen (secondary N) is 1. The third-order valence-electron chi connectivity index (χ3n) is 5.75. The van der Waals surface area contributed by atoms with Gasteiger partial charge < -0.3 is 20.1 Å². The van der Waals surface area contributed by atoms with E-state index in [1.54, 1.807) is 0 Å². The summed E-state index contributed by atoms with van der Waals surface area (Å²) in [5.41, 5.74) is -0.198. The Morgan fingerprint density at radius 2 is 1.50 bits per heavy atom. The van der Waals surface area contributed by atoms with Crippen molar-refractivity contribution in [3.05, 3.63) is 64.5 Å². The minimum atomic E-state index is -1.93. The number of halogens is 7. The molecule has 0 radical (unpaired) electrons. The van der Waals surface area contributed by atoms with Gasteiger partial charge in [0.15, 0.2) is 34.8 Å². The summed E-state index contributed by atoms with van der Waals surface area (Å²) in [4.78, 5) is 51.0. The Balaban J connectivity index is 1.58. The van der Waals surface area contributed by atoms with Crippen LogP contribution in [0.25, 0.3) is 0 Å². The molecule has 1 aliphatic heterocycles. The summed E-state index contributed by atoms with van der Waals surface area (Å²) in [5.74, 6) is -17.1. The van der Waals surface area contributed by atoms with Gasteiger partial charge in [0.05, 0.1) is 19.5 Å². The molecular weight excluding hydrogens is 559 g/mol. The summed E-state index contributed by atoms with van der Waals surface area (Å²) in [6, 6.07) is -0.862. The molecule has 2 N–H and O–H groups in total. The van der Waals surface area contributed by atoms with Crippen molar-refractivity contribution in [1.29, 1.82) is 0 Å². The molecule has 1 heterocycles. The molecule has 3 rings (SSSR count). The first-order chi connectivity index (χ1) is 18.8. The van der Waals surface area contributed by atoms with Crippen molar-refractivity contribution in [3.8, 4) is 5.75 Å². The predicted molar refractivity (Wildman–Crippen MR) is 119 cm³/mol. The average Bonchev–Trinajstić information content (AvgIpc) is 2.87. The summed E-state index contributed by atoms with van der Waals surface area (Å²) in [6.45, 7) is -2.48. The zero-order valence-corrected chi connectivity index (χ0v) is 20.3. The van der Waals surface area contributed by atoms with Crippen LogP contribution in [0.1, 0.15) is 12.0 Å². The molecule has 216 valence electrons. The number of ketones is 1. The maximum absolute atomic E-state index is 13.9. The van der Waals surface area contributed by atoms with Gasteiger partial charge in [-0.05, 0) is 6.07 Å². The van der Waals surface area contributed by atoms with E-state index >= 15 is 0 Å². The molecule has 40 heavy (non-hydrogen) atoms. The van der Waals surface area contributed by atoms with Crippen LogP contribution in [0.4, 0.5) is 30.7 Å². The van der Waals surface area contributed by atoms with Crippen LogP contribution >= 0.6 is 0 Å². The van der Waals surface area contributed by atoms with E-state index in [4.69, 9.17) is 5.11 Å². The lowest BCUT2D eigenvalue weighted by atomic mass is 10.1. The molecule has 0 unspecified atom stereocenters. The molecule has 2 aromatic rings. The van der Waals surface area contributed by atoms with Crippen LogP contribution in [0.5, 0.6) is 5.75 Å². The van der Waals surface area contributed by atoms with Gasteiger partial charge in [-0.25, -0.2) is 22.0 Å². The van der Waals surface area contributed by atoms with E-state index in [1.165, 1.54) is 4.90 Å². The number of carboxylic acid groups (broad SMARTS) is 1. The molecule has 2 aromatic carbocycles. The van der Waals surface area contributed by atoms with E-state index in [0.29, 0.717) is 12.1 Å². The Hall–Kier alpha value is -4.21. The zero-order valence-electron chi connectivity index (χ0n) is 20.3. The molecule has 1 saturated heterocycles. The molecular formula is C24H20F7N3O6. The highest BCUT2D eigenvalue weighted by Gasteiger charge is 2.30. The van der Waals surface area contributed by atoms with E-state index in [1.807, 2.05) is 0 Å². The van der Waals surface area contributed by atoms with Crippen LogP contribution < -0.4 is 10.1 Å². The van der Waals surface area contributed by atoms with Gasteiger partial charge in [0.25, 0.3) is 0 Å². The second-order valence-corrected chi connectivity index (χ2v) is 8.65. The number of nitrogens with zero attached hydrogens (tertiary/aromatic N) is 2. The van der Waals surface area contributed by atoms with Gasteiger partial charge in [-0.2, -0.15) is 8.78 Å². The minimum absolute atomic E-state index is 0.0815. The smallest absolute Gasteiger partial charge is 0.305 e. The normalized spacial score (nSPS) is 14.7. The number of carboxylic acids is 1. The summed E-state index contributed by atoms with van der Waals surface area (Å²) < 4.78 is 99.1. The Morgan fingerprint density at radius 3 is 2.10 bits per heavy atom. The lowest BCUT2D eigenvalue weighted by Crippen LogP contribution is -2.54. The average molecular weight is 579 g/mol. The number of ether oxygens (including phenoxy) is 1. The Bertz CT molecular complexity index is 1320. The van der Waals surface area contributed by atoms with Crippen LogP contribution in [-0.4, -0.2) is 77.3 Å². The summed E-state index contributed by atoms with van der Waals surface area (Å²) >= 11 is 0. The lowest BCUT2D eigenvalue weighted by Gasteiger charge is -2.34. The van der Waals surface area contributed by atoms with Crippen molar-refractivity contribution >= 4 is 23.6 Å². The highest BCUT2D eigenvalue weighted by molar-refractivity contribution is 5.94. The van der Waals surface area contributed by atoms with Gasteiger partial charge in [0, 0.05) is 37.3 Å². The Kier molecular flexibility index (Phi) is 9.68. The lowest BCUT2D eigenvalue weighted by molar-refractivity contribution is -0.143. The molecule has 0 saturated carbocycles. The molecule has 16 heteroatoms. The van der Waals surface area contributed by atoms with Crippen LogP contribution in [0, 0.1) is 40.7 Å². The van der Waals surface area contributed by atoms with E-state index in [2.05, 4.69) is 10.1 Å². The SMILES string of the molecule is O=C(O)C[C@H](NC(=O)CN1CCN(Cc2cc(F)c(F)cc2F)CC1=O)C(=O)COc1c(F)c(F)cc(F)c1F. The van der Waals surface area contributed by atoms with Crippen LogP contribution in [0.3, 0.4) is 0 Å². The van der Waals surface area contributed by atoms with Gasteiger partial charge in [-0.1, -0.05) is 0 Å². The molecule has 0 bridgehead atoms. The molecule has 1 atom stereocenters. The van der Waals surface area contributed by atoms with Crippen molar-refractivity contribution in [2.75, 3.05) is 32.8 Å². The number of hydrogen-bond donors (Lipinski definition) is 2. The fourth-order valence-corrected chi connectivity index (χ4v) is 3.74. The fourth-order valence-electron chi connectivity index (χ4n) is 3.74. The van der Waals surface area contributed by atoms with Gasteiger partial charge in [-0.15, -0.1) is 0 Å². The number of rotatable bonds is 11. The number of carbonyl (C=O) groups is 4. The van der Waals surface area contributed by atoms with Crippen molar-refractivity contribution in [2.45, 2.75) is 19.0 Å². The molecule has 0 aliphatic carbocycles. The minimum Gasteiger partial charge on any atom is -0.481 e. The van der Waals surface area contributed by atoms with Crippen molar-refractivity contribution in [2.24, 2.45) is 0 Å². The van der Waals surface area contributed by atoms with Crippen LogP contribution in [-0.2, 0) is 25.7 Å². The molecule has 0 aromatic heterocycles. The number of amides is 2. The van der Waals surface area contributed by atoms with Gasteiger partial charge in [0.2, 0.25) is 23.4 Å². The molecule has 2 amide bonds. The van der Waals surface area contributed by atoms with E-state index in [-0.39, 0.29) is 37.8 Å². The summed E-state index contributed by atoms with van der Waals surface area (Å²) in [7, 11) is 0. The Morgan fingerprint density at radius 1 is 0.900 bits per heavy atom. The van der Waals surface area contributed by atoms with E-state index < -0.39 is 95.7 Å². The maximum atomic E-state index is 13.9. The van der Waals surface area contributed by atoms with Crippen LogP contribution in [0.2, 0.25) is 0 Å². The number of benzene rings is 2. The second kappa shape index (κ2) is 12.8. The first-order valence-corrected chi connectivity index (χ1v) is 11.4. The van der Waals surface area contributed by atoms with Gasteiger partial charge in [-0.3, -0.25) is 24.1 Å². The van der Waals surface area contributed by atoms with Crippen molar-refractivity contribution in [3.63, 3.8) is 0 Å². The summed E-state index contributed by atoms with van der Waals surface area (Å²) in [6.07, 6.45) is -1.00. The second-order valence-electron chi connectivity index (χ2n) is 8.65. The third kappa shape index (κ3) is 7.46. The van der Waals surface area contributed by atoms with Gasteiger partial charge in [0.1, 0.15) is 18.5 Å². The molecule has 0 spiro atoms. The number of hydrogen-bond acceptors (Lipinski definition) is 6. The summed E-state index contributed by atoms with van der Waals surface area (Å²) in [5, 5.41) is 11.1. The maximum Gasteiger partial charge on any atom is 0.305 e. The fraction of sp³-hybridized carbons (Fsp3) is 0.333. The molecule has 1 fully saturated rings. The first-order valence-electron chi connectivity index (χ1n) is 11.4. The quantitative estimate of drug-likeness (QED) is 0.309. The first kappa shape index (κ1) is 30.3. The molecule has 9 nitrogen and oxygen atoms in total. The van der Waals surface area contributed by atoms with E-state index in [0.717, 1.165) is 4.90 Å². The van der Waals surface area contributed by atoms with Crippen LogP contribution in [0.15, 0.2) is 18.2 Å².